The zero-order valence-corrected chi connectivity index (χ0v) is 13.2. The Morgan fingerprint density at radius 3 is 2.35 bits per heavy atom. The largest absolute Gasteiger partial charge is 0.494 e. The summed E-state index contributed by atoms with van der Waals surface area (Å²) in [5.74, 6) is 6.76. The van der Waals surface area contributed by atoms with Crippen molar-refractivity contribution in [3.05, 3.63) is 35.7 Å². The minimum atomic E-state index is 0.305. The molecule has 20 heavy (non-hydrogen) atoms. The number of rotatable bonds is 4. The predicted molar refractivity (Wildman–Crippen MR) is 85.7 cm³/mol. The minimum absolute atomic E-state index is 0.305. The molecule has 0 radical (unpaired) electrons. The lowest BCUT2D eigenvalue weighted by Crippen LogP contribution is -2.25. The second kappa shape index (κ2) is 6.66. The Kier molecular flexibility index (Phi) is 5.45. The van der Waals surface area contributed by atoms with E-state index in [1.54, 1.807) is 13.3 Å². The molecule has 1 aliphatic carbocycles. The van der Waals surface area contributed by atoms with Gasteiger partial charge in [0.1, 0.15) is 5.75 Å². The molecule has 1 aromatic rings. The van der Waals surface area contributed by atoms with Gasteiger partial charge < -0.3 is 10.5 Å². The number of ether oxygens (including phenoxy) is 1. The summed E-state index contributed by atoms with van der Waals surface area (Å²) in [5, 5.41) is 1.50. The first-order chi connectivity index (χ1) is 9.51. The molecule has 0 unspecified atom stereocenters. The number of anilines is 1. The van der Waals surface area contributed by atoms with Crippen molar-refractivity contribution in [1.29, 1.82) is 0 Å². The molecule has 4 heteroatoms. The average Bonchev–Trinajstić information content (AvgIpc) is 3.19. The third kappa shape index (κ3) is 3.25. The van der Waals surface area contributed by atoms with Crippen molar-refractivity contribution in [3.8, 4) is 5.75 Å². The molecule has 1 aromatic carbocycles. The van der Waals surface area contributed by atoms with E-state index in [-0.39, 0.29) is 0 Å². The molecule has 0 saturated heterocycles. The van der Waals surface area contributed by atoms with Crippen LogP contribution in [0.15, 0.2) is 24.5 Å². The van der Waals surface area contributed by atoms with Crippen molar-refractivity contribution >= 4 is 5.69 Å². The van der Waals surface area contributed by atoms with Crippen LogP contribution in [0.5, 0.6) is 5.75 Å². The standard InChI is InChI=1S/C14H21N3O.C2H6/c1-10-8-11(14(2)4-5-14)9-12(13(10)18-3)17(16)7-6-15;1-2/h6-9H,4-5,15-16H2,1-3H3;1-2H3/b7-6-;. The molecule has 0 heterocycles. The molecule has 0 bridgehead atoms. The summed E-state index contributed by atoms with van der Waals surface area (Å²) >= 11 is 0. The first-order valence-electron chi connectivity index (χ1n) is 7.13. The Bertz CT molecular complexity index is 479. The lowest BCUT2D eigenvalue weighted by Gasteiger charge is -2.21. The Balaban J connectivity index is 0.000000956. The molecule has 0 atom stereocenters. The van der Waals surface area contributed by atoms with Crippen LogP contribution in [0.25, 0.3) is 0 Å². The van der Waals surface area contributed by atoms with E-state index >= 15 is 0 Å². The highest BCUT2D eigenvalue weighted by atomic mass is 16.5. The molecule has 1 saturated carbocycles. The maximum absolute atomic E-state index is 5.97. The van der Waals surface area contributed by atoms with E-state index in [1.807, 2.05) is 20.8 Å². The Labute approximate surface area is 122 Å². The number of aryl methyl sites for hydroxylation is 1. The van der Waals surface area contributed by atoms with E-state index in [0.29, 0.717) is 5.41 Å². The highest BCUT2D eigenvalue weighted by Crippen LogP contribution is 2.49. The summed E-state index contributed by atoms with van der Waals surface area (Å²) in [4.78, 5) is 0. The number of nitrogens with two attached hydrogens (primary N) is 2. The van der Waals surface area contributed by atoms with Gasteiger partial charge in [-0.3, -0.25) is 5.01 Å². The van der Waals surface area contributed by atoms with Gasteiger partial charge in [0.25, 0.3) is 0 Å². The second-order valence-corrected chi connectivity index (χ2v) is 5.15. The molecule has 4 N–H and O–H groups in total. The SMILES string of the molecule is CC.COc1c(C)cc(C2(C)CC2)cc1N(N)/C=C\N. The summed E-state index contributed by atoms with van der Waals surface area (Å²) in [6, 6.07) is 4.29. The number of nitrogens with zero attached hydrogens (tertiary/aromatic N) is 1. The molecule has 0 aromatic heterocycles. The minimum Gasteiger partial charge on any atom is -0.494 e. The van der Waals surface area contributed by atoms with Crippen LogP contribution >= 0.6 is 0 Å². The molecule has 4 nitrogen and oxygen atoms in total. The fourth-order valence-corrected chi connectivity index (χ4v) is 2.21. The Morgan fingerprint density at radius 1 is 1.30 bits per heavy atom. The van der Waals surface area contributed by atoms with E-state index in [4.69, 9.17) is 16.3 Å². The number of methoxy groups -OCH3 is 1. The van der Waals surface area contributed by atoms with Gasteiger partial charge in [-0.05, 0) is 42.4 Å². The van der Waals surface area contributed by atoms with Crippen molar-refractivity contribution in [3.63, 3.8) is 0 Å². The monoisotopic (exact) mass is 277 g/mol. The van der Waals surface area contributed by atoms with Crippen molar-refractivity contribution in [2.45, 2.75) is 46.0 Å². The van der Waals surface area contributed by atoms with Gasteiger partial charge in [0.15, 0.2) is 0 Å². The third-order valence-corrected chi connectivity index (χ3v) is 3.68. The molecule has 1 fully saturated rings. The molecular formula is C16H27N3O. The fourth-order valence-electron chi connectivity index (χ4n) is 2.21. The first kappa shape index (κ1) is 16.4. The van der Waals surface area contributed by atoms with Crippen LogP contribution in [-0.4, -0.2) is 7.11 Å². The van der Waals surface area contributed by atoms with E-state index in [1.165, 1.54) is 29.6 Å². The van der Waals surface area contributed by atoms with E-state index in [2.05, 4.69) is 19.1 Å². The summed E-state index contributed by atoms with van der Waals surface area (Å²) in [5.41, 5.74) is 8.96. The lowest BCUT2D eigenvalue weighted by molar-refractivity contribution is 0.412. The van der Waals surface area contributed by atoms with Crippen molar-refractivity contribution in [2.24, 2.45) is 11.6 Å². The summed E-state index contributed by atoms with van der Waals surface area (Å²) in [7, 11) is 1.66. The van der Waals surface area contributed by atoms with Crippen LogP contribution in [0.3, 0.4) is 0 Å². The van der Waals surface area contributed by atoms with Gasteiger partial charge in [0.2, 0.25) is 0 Å². The van der Waals surface area contributed by atoms with Crippen molar-refractivity contribution in [2.75, 3.05) is 12.1 Å². The number of benzene rings is 1. The van der Waals surface area contributed by atoms with Gasteiger partial charge in [-0.2, -0.15) is 0 Å². The van der Waals surface area contributed by atoms with Crippen LogP contribution in [-0.2, 0) is 5.41 Å². The van der Waals surface area contributed by atoms with Crippen LogP contribution in [0.2, 0.25) is 0 Å². The Hall–Kier alpha value is -1.68. The topological polar surface area (TPSA) is 64.5 Å². The molecule has 0 aliphatic heterocycles. The highest BCUT2D eigenvalue weighted by Gasteiger charge is 2.39. The van der Waals surface area contributed by atoms with Gasteiger partial charge in [0.05, 0.1) is 12.8 Å². The lowest BCUT2D eigenvalue weighted by atomic mass is 9.95. The van der Waals surface area contributed by atoms with Crippen LogP contribution < -0.4 is 21.3 Å². The van der Waals surface area contributed by atoms with Gasteiger partial charge in [-0.1, -0.05) is 26.8 Å². The number of hydrazine groups is 1. The van der Waals surface area contributed by atoms with Crippen molar-refractivity contribution in [1.82, 2.24) is 0 Å². The number of hydrogen-bond acceptors (Lipinski definition) is 4. The second-order valence-electron chi connectivity index (χ2n) is 5.15. The Morgan fingerprint density at radius 2 is 1.90 bits per heavy atom. The zero-order chi connectivity index (χ0) is 15.3. The van der Waals surface area contributed by atoms with Gasteiger partial charge in [-0.25, -0.2) is 5.84 Å². The molecule has 0 spiro atoms. The molecule has 1 aliphatic rings. The van der Waals surface area contributed by atoms with Gasteiger partial charge >= 0.3 is 0 Å². The quantitative estimate of drug-likeness (QED) is 0.655. The number of hydrogen-bond donors (Lipinski definition) is 2. The summed E-state index contributed by atoms with van der Waals surface area (Å²) in [6.07, 6.45) is 5.50. The smallest absolute Gasteiger partial charge is 0.146 e. The van der Waals surface area contributed by atoms with Crippen molar-refractivity contribution < 1.29 is 4.74 Å². The predicted octanol–water partition coefficient (Wildman–Crippen LogP) is 3.19. The molecule has 0 amide bonds. The maximum atomic E-state index is 5.97. The zero-order valence-electron chi connectivity index (χ0n) is 13.2. The third-order valence-electron chi connectivity index (χ3n) is 3.68. The van der Waals surface area contributed by atoms with Gasteiger partial charge in [0, 0.05) is 12.4 Å². The van der Waals surface area contributed by atoms with E-state index < -0.39 is 0 Å². The summed E-state index contributed by atoms with van der Waals surface area (Å²) < 4.78 is 5.44. The van der Waals surface area contributed by atoms with Crippen LogP contribution in [0, 0.1) is 6.92 Å². The highest BCUT2D eigenvalue weighted by molar-refractivity contribution is 5.65. The molecular weight excluding hydrogens is 250 g/mol. The van der Waals surface area contributed by atoms with Gasteiger partial charge in [-0.15, -0.1) is 0 Å². The normalized spacial score (nSPS) is 15.5. The fraction of sp³-hybridized carbons (Fsp3) is 0.500. The van der Waals surface area contributed by atoms with Crippen LogP contribution in [0.1, 0.15) is 44.7 Å². The first-order valence-corrected chi connectivity index (χ1v) is 7.13. The van der Waals surface area contributed by atoms with E-state index in [0.717, 1.165) is 17.0 Å². The molecule has 2 rings (SSSR count). The van der Waals surface area contributed by atoms with E-state index in [9.17, 15) is 0 Å². The maximum Gasteiger partial charge on any atom is 0.146 e. The average molecular weight is 277 g/mol. The van der Waals surface area contributed by atoms with Crippen LogP contribution in [0.4, 0.5) is 5.69 Å². The summed E-state index contributed by atoms with van der Waals surface area (Å²) in [6.45, 7) is 8.31. The molecule has 112 valence electrons.